The van der Waals surface area contributed by atoms with E-state index in [-0.39, 0.29) is 10.8 Å². The molecule has 2 rings (SSSR count). The molecule has 1 nitrogen and oxygen atoms in total. The van der Waals surface area contributed by atoms with Crippen LogP contribution >= 0.6 is 0 Å². The van der Waals surface area contributed by atoms with E-state index < -0.39 is 0 Å². The number of hydrogen-bond acceptors (Lipinski definition) is 1. The summed E-state index contributed by atoms with van der Waals surface area (Å²) in [4.78, 5) is 11.7. The number of carbonyl (C=O) groups is 1. The molecule has 0 aromatic carbocycles. The molecule has 3 atom stereocenters. The molecule has 0 aliphatic heterocycles. The van der Waals surface area contributed by atoms with Crippen molar-refractivity contribution in [2.45, 2.75) is 33.1 Å². The van der Waals surface area contributed by atoms with Crippen LogP contribution in [0.1, 0.15) is 33.1 Å². The third kappa shape index (κ3) is 0.596. The van der Waals surface area contributed by atoms with E-state index in [1.165, 1.54) is 6.42 Å². The van der Waals surface area contributed by atoms with Crippen molar-refractivity contribution >= 4 is 5.78 Å². The lowest BCUT2D eigenvalue weighted by Gasteiger charge is -2.33. The summed E-state index contributed by atoms with van der Waals surface area (Å²) in [5.41, 5.74) is 0.00347. The predicted octanol–water partition coefficient (Wildman–Crippen LogP) is 2.57. The van der Waals surface area contributed by atoms with Crippen LogP contribution in [-0.2, 0) is 4.79 Å². The summed E-state index contributed by atoms with van der Waals surface area (Å²) < 4.78 is 0. The Bertz CT molecular complexity index is 254. The zero-order chi connectivity index (χ0) is 8.98. The number of fused-ring (bicyclic) bond motifs is 2. The lowest BCUT2D eigenvalue weighted by molar-refractivity contribution is -0.127. The van der Waals surface area contributed by atoms with E-state index in [0.29, 0.717) is 11.7 Å². The molecule has 2 bridgehead atoms. The van der Waals surface area contributed by atoms with E-state index in [1.54, 1.807) is 0 Å². The van der Waals surface area contributed by atoms with Crippen molar-refractivity contribution in [1.29, 1.82) is 0 Å². The SMILES string of the molecule is C=CC1(C)C2CCC1(C)C(=O)C2. The maximum atomic E-state index is 11.7. The van der Waals surface area contributed by atoms with Crippen molar-refractivity contribution in [3.8, 4) is 0 Å². The van der Waals surface area contributed by atoms with Gasteiger partial charge in [0.05, 0.1) is 0 Å². The standard InChI is InChI=1S/C11H16O/c1-4-10(2)8-5-6-11(10,3)9(12)7-8/h4,8H,1,5-7H2,2-3H3. The Morgan fingerprint density at radius 3 is 2.50 bits per heavy atom. The number of ketones is 1. The maximum absolute atomic E-state index is 11.7. The number of allylic oxidation sites excluding steroid dienone is 1. The number of Topliss-reactive ketones (excluding diaryl/α,β-unsaturated/α-hetero) is 1. The van der Waals surface area contributed by atoms with Crippen LogP contribution in [0, 0.1) is 16.7 Å². The van der Waals surface area contributed by atoms with E-state index in [9.17, 15) is 4.79 Å². The Kier molecular flexibility index (Phi) is 1.35. The average molecular weight is 164 g/mol. The molecule has 0 aromatic heterocycles. The molecule has 0 radical (unpaired) electrons. The first-order valence-corrected chi connectivity index (χ1v) is 4.71. The van der Waals surface area contributed by atoms with Gasteiger partial charge in [-0.3, -0.25) is 4.79 Å². The first kappa shape index (κ1) is 8.03. The molecule has 0 spiro atoms. The van der Waals surface area contributed by atoms with Gasteiger partial charge in [-0.05, 0) is 18.8 Å². The Hall–Kier alpha value is -0.590. The van der Waals surface area contributed by atoms with Crippen LogP contribution in [0.4, 0.5) is 0 Å². The molecule has 0 aromatic rings. The highest BCUT2D eigenvalue weighted by molar-refractivity contribution is 5.89. The van der Waals surface area contributed by atoms with Crippen LogP contribution in [-0.4, -0.2) is 5.78 Å². The lowest BCUT2D eigenvalue weighted by atomic mass is 9.69. The highest BCUT2D eigenvalue weighted by atomic mass is 16.1. The summed E-state index contributed by atoms with van der Waals surface area (Å²) in [7, 11) is 0. The van der Waals surface area contributed by atoms with Gasteiger partial charge in [-0.2, -0.15) is 0 Å². The summed E-state index contributed by atoms with van der Waals surface area (Å²) in [5.74, 6) is 1.04. The van der Waals surface area contributed by atoms with Crippen LogP contribution in [0.5, 0.6) is 0 Å². The van der Waals surface area contributed by atoms with Gasteiger partial charge in [-0.15, -0.1) is 6.58 Å². The van der Waals surface area contributed by atoms with Gasteiger partial charge in [0, 0.05) is 17.3 Å². The molecule has 2 saturated carbocycles. The van der Waals surface area contributed by atoms with Crippen molar-refractivity contribution < 1.29 is 4.79 Å². The van der Waals surface area contributed by atoms with E-state index in [0.717, 1.165) is 12.8 Å². The molecular formula is C11H16O. The molecule has 12 heavy (non-hydrogen) atoms. The third-order valence-electron chi connectivity index (χ3n) is 4.50. The van der Waals surface area contributed by atoms with Crippen LogP contribution in [0.15, 0.2) is 12.7 Å². The molecule has 3 unspecified atom stereocenters. The van der Waals surface area contributed by atoms with Gasteiger partial charge in [0.1, 0.15) is 5.78 Å². The van der Waals surface area contributed by atoms with Crippen LogP contribution in [0.25, 0.3) is 0 Å². The van der Waals surface area contributed by atoms with Crippen molar-refractivity contribution in [1.82, 2.24) is 0 Å². The van der Waals surface area contributed by atoms with E-state index in [4.69, 9.17) is 0 Å². The number of hydrogen-bond donors (Lipinski definition) is 0. The van der Waals surface area contributed by atoms with Gasteiger partial charge in [0.25, 0.3) is 0 Å². The number of carbonyl (C=O) groups excluding carboxylic acids is 1. The van der Waals surface area contributed by atoms with Gasteiger partial charge in [-0.1, -0.05) is 19.9 Å². The Balaban J connectivity index is 2.51. The van der Waals surface area contributed by atoms with Crippen molar-refractivity contribution in [3.63, 3.8) is 0 Å². The fraction of sp³-hybridized carbons (Fsp3) is 0.727. The van der Waals surface area contributed by atoms with Gasteiger partial charge >= 0.3 is 0 Å². The Morgan fingerprint density at radius 2 is 2.25 bits per heavy atom. The Morgan fingerprint density at radius 1 is 1.58 bits per heavy atom. The van der Waals surface area contributed by atoms with E-state index in [1.807, 2.05) is 6.08 Å². The third-order valence-corrected chi connectivity index (χ3v) is 4.50. The first-order valence-electron chi connectivity index (χ1n) is 4.71. The van der Waals surface area contributed by atoms with Crippen LogP contribution in [0.3, 0.4) is 0 Å². The van der Waals surface area contributed by atoms with E-state index >= 15 is 0 Å². The minimum atomic E-state index is -0.0839. The largest absolute Gasteiger partial charge is 0.299 e. The lowest BCUT2D eigenvalue weighted by Crippen LogP contribution is -2.33. The van der Waals surface area contributed by atoms with Crippen molar-refractivity contribution in [3.05, 3.63) is 12.7 Å². The molecule has 2 aliphatic carbocycles. The molecule has 2 fully saturated rings. The van der Waals surface area contributed by atoms with Gasteiger partial charge in [-0.25, -0.2) is 0 Å². The molecule has 1 heteroatoms. The minimum Gasteiger partial charge on any atom is -0.299 e. The second kappa shape index (κ2) is 2.01. The summed E-state index contributed by atoms with van der Waals surface area (Å²) in [6.07, 6.45) is 5.08. The predicted molar refractivity (Wildman–Crippen MR) is 48.8 cm³/mol. The smallest absolute Gasteiger partial charge is 0.139 e. The van der Waals surface area contributed by atoms with Gasteiger partial charge in [0.2, 0.25) is 0 Å². The highest BCUT2D eigenvalue weighted by Gasteiger charge is 2.62. The van der Waals surface area contributed by atoms with Crippen LogP contribution < -0.4 is 0 Å². The fourth-order valence-corrected chi connectivity index (χ4v) is 3.08. The maximum Gasteiger partial charge on any atom is 0.139 e. The summed E-state index contributed by atoms with van der Waals surface area (Å²) in [5, 5.41) is 0. The van der Waals surface area contributed by atoms with Crippen LogP contribution in [0.2, 0.25) is 0 Å². The minimum absolute atomic E-state index is 0.0839. The van der Waals surface area contributed by atoms with Gasteiger partial charge in [0.15, 0.2) is 0 Å². The van der Waals surface area contributed by atoms with Gasteiger partial charge < -0.3 is 0 Å². The topological polar surface area (TPSA) is 17.1 Å². The molecule has 0 heterocycles. The zero-order valence-electron chi connectivity index (χ0n) is 7.89. The zero-order valence-corrected chi connectivity index (χ0v) is 7.89. The molecule has 66 valence electrons. The second-order valence-electron chi connectivity index (χ2n) is 4.68. The monoisotopic (exact) mass is 164 g/mol. The quantitative estimate of drug-likeness (QED) is 0.544. The first-order chi connectivity index (χ1) is 5.54. The molecule has 0 saturated heterocycles. The van der Waals surface area contributed by atoms with E-state index in [2.05, 4.69) is 20.4 Å². The average Bonchev–Trinajstić information content (AvgIpc) is 2.39. The van der Waals surface area contributed by atoms with Crippen molar-refractivity contribution in [2.24, 2.45) is 16.7 Å². The fourth-order valence-electron chi connectivity index (χ4n) is 3.08. The summed E-state index contributed by atoms with van der Waals surface area (Å²) >= 11 is 0. The second-order valence-corrected chi connectivity index (χ2v) is 4.68. The van der Waals surface area contributed by atoms with Crippen molar-refractivity contribution in [2.75, 3.05) is 0 Å². The molecule has 0 amide bonds. The summed E-state index contributed by atoms with van der Waals surface area (Å²) in [6, 6.07) is 0. The molecule has 0 N–H and O–H groups in total. The molecule has 2 aliphatic rings. The summed E-state index contributed by atoms with van der Waals surface area (Å²) in [6.45, 7) is 8.19. The normalized spacial score (nSPS) is 51.5. The number of rotatable bonds is 1. The molecular weight excluding hydrogens is 148 g/mol. The highest BCUT2D eigenvalue weighted by Crippen LogP contribution is 2.64. The Labute approximate surface area is 73.8 Å².